The van der Waals surface area contributed by atoms with E-state index >= 15 is 0 Å². The molecule has 0 atom stereocenters. The summed E-state index contributed by atoms with van der Waals surface area (Å²) in [5.41, 5.74) is 15.4. The average molecular weight is 649 g/mol. The van der Waals surface area contributed by atoms with E-state index in [4.69, 9.17) is 0 Å². The lowest BCUT2D eigenvalue weighted by atomic mass is 9.80. The van der Waals surface area contributed by atoms with Crippen LogP contribution in [0.2, 0.25) is 0 Å². The monoisotopic (exact) mass is 648 g/mol. The van der Waals surface area contributed by atoms with Gasteiger partial charge in [-0.25, -0.2) is 0 Å². The van der Waals surface area contributed by atoms with E-state index in [0.717, 1.165) is 0 Å². The molecule has 0 heteroatoms. The van der Waals surface area contributed by atoms with Gasteiger partial charge < -0.3 is 0 Å². The number of fused-ring (bicyclic) bond motifs is 7. The maximum atomic E-state index is 2.42. The molecule has 0 aliphatic heterocycles. The van der Waals surface area contributed by atoms with Gasteiger partial charge in [0, 0.05) is 5.41 Å². The number of benzene rings is 9. The Morgan fingerprint density at radius 1 is 0.275 bits per heavy atom. The van der Waals surface area contributed by atoms with Crippen molar-refractivity contribution in [2.75, 3.05) is 0 Å². The maximum Gasteiger partial charge on any atom is 0.0159 e. The smallest absolute Gasteiger partial charge is 0.0159 e. The summed E-state index contributed by atoms with van der Waals surface area (Å²) in [6.07, 6.45) is 0. The number of hydrogen-bond donors (Lipinski definition) is 0. The van der Waals surface area contributed by atoms with Crippen LogP contribution in [0.1, 0.15) is 25.0 Å². The summed E-state index contributed by atoms with van der Waals surface area (Å²) in [6, 6.07) is 67.4. The van der Waals surface area contributed by atoms with Crippen LogP contribution >= 0.6 is 0 Å². The summed E-state index contributed by atoms with van der Waals surface area (Å²) in [6.45, 7) is 4.75. The fourth-order valence-electron chi connectivity index (χ4n) is 8.46. The Bertz CT molecular complexity index is 2800. The molecule has 0 radical (unpaired) electrons. The minimum Gasteiger partial charge on any atom is -0.0616 e. The van der Waals surface area contributed by atoms with Gasteiger partial charge in [0.05, 0.1) is 0 Å². The van der Waals surface area contributed by atoms with Crippen molar-refractivity contribution >= 4 is 32.3 Å². The second-order valence-corrected chi connectivity index (χ2v) is 14.6. The number of hydrogen-bond acceptors (Lipinski definition) is 0. The quantitative estimate of drug-likeness (QED) is 0.167. The predicted octanol–water partition coefficient (Wildman–Crippen LogP) is 14.1. The molecule has 0 N–H and O–H groups in total. The lowest BCUT2D eigenvalue weighted by Gasteiger charge is -2.22. The Kier molecular flexibility index (Phi) is 6.63. The van der Waals surface area contributed by atoms with Crippen LogP contribution in [0, 0.1) is 0 Å². The maximum absolute atomic E-state index is 2.42. The highest BCUT2D eigenvalue weighted by atomic mass is 14.4. The Balaban J connectivity index is 0.954. The summed E-state index contributed by atoms with van der Waals surface area (Å²) in [7, 11) is 0. The van der Waals surface area contributed by atoms with Crippen LogP contribution in [0.25, 0.3) is 88.0 Å². The zero-order valence-corrected chi connectivity index (χ0v) is 28.8. The van der Waals surface area contributed by atoms with E-state index in [0.29, 0.717) is 0 Å². The van der Waals surface area contributed by atoms with Gasteiger partial charge in [-0.2, -0.15) is 0 Å². The van der Waals surface area contributed by atoms with Crippen molar-refractivity contribution in [1.82, 2.24) is 0 Å². The third-order valence-corrected chi connectivity index (χ3v) is 11.3. The molecule has 9 aromatic rings. The lowest BCUT2D eigenvalue weighted by molar-refractivity contribution is 0.661. The van der Waals surface area contributed by atoms with Gasteiger partial charge in [-0.15, -0.1) is 0 Å². The van der Waals surface area contributed by atoms with E-state index in [1.54, 1.807) is 0 Å². The van der Waals surface area contributed by atoms with E-state index < -0.39 is 0 Å². The molecule has 0 aromatic heterocycles. The predicted molar refractivity (Wildman–Crippen MR) is 218 cm³/mol. The fraction of sp³-hybridized carbons (Fsp3) is 0.0588. The van der Waals surface area contributed by atoms with Crippen LogP contribution in [0.15, 0.2) is 182 Å². The third kappa shape index (κ3) is 4.83. The highest BCUT2D eigenvalue weighted by molar-refractivity contribution is 6.13. The molecule has 0 bridgehead atoms. The van der Waals surface area contributed by atoms with Gasteiger partial charge >= 0.3 is 0 Å². The minimum absolute atomic E-state index is 0.105. The molecule has 0 heterocycles. The summed E-state index contributed by atoms with van der Waals surface area (Å²) >= 11 is 0. The first kappa shape index (κ1) is 29.7. The van der Waals surface area contributed by atoms with E-state index in [1.807, 2.05) is 0 Å². The molecule has 0 nitrogen and oxygen atoms in total. The first-order chi connectivity index (χ1) is 25.0. The van der Waals surface area contributed by atoms with Gasteiger partial charge in [0.15, 0.2) is 0 Å². The van der Waals surface area contributed by atoms with Gasteiger partial charge in [-0.05, 0) is 123 Å². The normalized spacial score (nSPS) is 13.1. The van der Waals surface area contributed by atoms with Crippen molar-refractivity contribution in [2.45, 2.75) is 19.3 Å². The summed E-state index contributed by atoms with van der Waals surface area (Å²) < 4.78 is 0. The molecule has 10 rings (SSSR count). The molecule has 9 aromatic carbocycles. The van der Waals surface area contributed by atoms with Gasteiger partial charge in [-0.3, -0.25) is 0 Å². The second-order valence-electron chi connectivity index (χ2n) is 14.6. The summed E-state index contributed by atoms with van der Waals surface area (Å²) in [4.78, 5) is 0. The van der Waals surface area contributed by atoms with Gasteiger partial charge in [-0.1, -0.05) is 172 Å². The van der Waals surface area contributed by atoms with Crippen molar-refractivity contribution < 1.29 is 0 Å². The first-order valence-corrected chi connectivity index (χ1v) is 17.9. The molecule has 51 heavy (non-hydrogen) atoms. The summed E-state index contributed by atoms with van der Waals surface area (Å²) in [5.74, 6) is 0. The standard InChI is InChI=1S/C51H36/c1-51(2)49-31-40(35-17-15-34(16-18-35)39-24-21-33-9-3-4-10-38(33)29-39)25-27-46(49)47-28-26-41(32-50(47)51)36-19-22-37(23-20-36)48-30-42-11-5-6-12-43(42)44-13-7-8-14-45(44)48/h3-32H,1-2H3. The van der Waals surface area contributed by atoms with Crippen molar-refractivity contribution in [3.63, 3.8) is 0 Å². The first-order valence-electron chi connectivity index (χ1n) is 17.9. The Morgan fingerprint density at radius 2 is 0.706 bits per heavy atom. The van der Waals surface area contributed by atoms with Crippen molar-refractivity contribution in [1.29, 1.82) is 0 Å². The van der Waals surface area contributed by atoms with Gasteiger partial charge in [0.2, 0.25) is 0 Å². The molecular formula is C51H36. The van der Waals surface area contributed by atoms with Crippen LogP contribution in [-0.2, 0) is 5.41 Å². The van der Waals surface area contributed by atoms with Crippen molar-refractivity contribution in [2.24, 2.45) is 0 Å². The van der Waals surface area contributed by atoms with Gasteiger partial charge in [0.1, 0.15) is 0 Å². The molecule has 0 spiro atoms. The summed E-state index contributed by atoms with van der Waals surface area (Å²) in [5, 5.41) is 7.72. The molecule has 0 saturated heterocycles. The van der Waals surface area contributed by atoms with Crippen molar-refractivity contribution in [3.8, 4) is 55.6 Å². The van der Waals surface area contributed by atoms with E-state index in [2.05, 4.69) is 196 Å². The van der Waals surface area contributed by atoms with E-state index in [9.17, 15) is 0 Å². The van der Waals surface area contributed by atoms with Gasteiger partial charge in [0.25, 0.3) is 0 Å². The fourth-order valence-corrected chi connectivity index (χ4v) is 8.46. The second kappa shape index (κ2) is 11.4. The molecule has 0 saturated carbocycles. The Hall–Kier alpha value is -6.24. The molecule has 0 amide bonds. The van der Waals surface area contributed by atoms with Crippen LogP contribution in [-0.4, -0.2) is 0 Å². The third-order valence-electron chi connectivity index (χ3n) is 11.3. The highest BCUT2D eigenvalue weighted by Gasteiger charge is 2.35. The topological polar surface area (TPSA) is 0 Å². The average Bonchev–Trinajstić information content (AvgIpc) is 3.42. The van der Waals surface area contributed by atoms with E-state index in [-0.39, 0.29) is 5.41 Å². The van der Waals surface area contributed by atoms with E-state index in [1.165, 1.54) is 99.1 Å². The molecular weight excluding hydrogens is 613 g/mol. The molecule has 0 fully saturated rings. The Morgan fingerprint density at radius 3 is 1.31 bits per heavy atom. The van der Waals surface area contributed by atoms with Crippen LogP contribution in [0.5, 0.6) is 0 Å². The lowest BCUT2D eigenvalue weighted by Crippen LogP contribution is -2.15. The minimum atomic E-state index is -0.105. The SMILES string of the molecule is CC1(C)c2cc(-c3ccc(-c4ccc5ccccc5c4)cc3)ccc2-c2ccc(-c3ccc(-c4cc5ccccc5c5ccccc45)cc3)cc21. The molecule has 240 valence electrons. The van der Waals surface area contributed by atoms with Crippen LogP contribution < -0.4 is 0 Å². The molecule has 0 unspecified atom stereocenters. The number of rotatable bonds is 4. The highest BCUT2D eigenvalue weighted by Crippen LogP contribution is 2.51. The zero-order chi connectivity index (χ0) is 34.1. The molecule has 1 aliphatic carbocycles. The molecule has 1 aliphatic rings. The Labute approximate surface area is 299 Å². The van der Waals surface area contributed by atoms with Crippen LogP contribution in [0.3, 0.4) is 0 Å². The largest absolute Gasteiger partial charge is 0.0616 e. The van der Waals surface area contributed by atoms with Crippen molar-refractivity contribution in [3.05, 3.63) is 193 Å². The zero-order valence-electron chi connectivity index (χ0n) is 28.8. The van der Waals surface area contributed by atoms with Crippen LogP contribution in [0.4, 0.5) is 0 Å².